The van der Waals surface area contributed by atoms with Gasteiger partial charge in [-0.1, -0.05) is 31.9 Å². The summed E-state index contributed by atoms with van der Waals surface area (Å²) in [6, 6.07) is 4.90. The zero-order chi connectivity index (χ0) is 15.9. The standard InChI is InChI=1S/C19H21F3/c1-11-3-6-13(7-4-11)9-15-10-14-8-5-12(2)17(20)16(14)19(22)18(15)21/h5,8,10-11,13H,3-4,6-7,9H2,1-2H3. The lowest BCUT2D eigenvalue weighted by atomic mass is 9.80. The molecule has 0 saturated heterocycles. The van der Waals surface area contributed by atoms with Gasteiger partial charge in [-0.3, -0.25) is 0 Å². The fourth-order valence-corrected chi connectivity index (χ4v) is 3.53. The third kappa shape index (κ3) is 2.73. The minimum Gasteiger partial charge on any atom is -0.206 e. The topological polar surface area (TPSA) is 0 Å². The van der Waals surface area contributed by atoms with Crippen molar-refractivity contribution < 1.29 is 13.2 Å². The van der Waals surface area contributed by atoms with Crippen molar-refractivity contribution in [2.75, 3.05) is 0 Å². The van der Waals surface area contributed by atoms with Gasteiger partial charge in [-0.2, -0.15) is 0 Å². The Morgan fingerprint density at radius 2 is 1.64 bits per heavy atom. The van der Waals surface area contributed by atoms with Gasteiger partial charge in [0.1, 0.15) is 5.82 Å². The molecule has 1 saturated carbocycles. The number of halogens is 3. The summed E-state index contributed by atoms with van der Waals surface area (Å²) in [7, 11) is 0. The van der Waals surface area contributed by atoms with Gasteiger partial charge in [-0.15, -0.1) is 0 Å². The van der Waals surface area contributed by atoms with Crippen LogP contribution >= 0.6 is 0 Å². The van der Waals surface area contributed by atoms with Crippen LogP contribution in [0.3, 0.4) is 0 Å². The molecule has 0 unspecified atom stereocenters. The Kier molecular flexibility index (Phi) is 4.16. The van der Waals surface area contributed by atoms with E-state index in [-0.39, 0.29) is 5.39 Å². The van der Waals surface area contributed by atoms with Crippen LogP contribution in [0.1, 0.15) is 43.7 Å². The monoisotopic (exact) mass is 306 g/mol. The van der Waals surface area contributed by atoms with Crippen LogP contribution in [0.2, 0.25) is 0 Å². The van der Waals surface area contributed by atoms with E-state index < -0.39 is 17.5 Å². The summed E-state index contributed by atoms with van der Waals surface area (Å²) in [4.78, 5) is 0. The number of aryl methyl sites for hydroxylation is 1. The molecule has 2 aromatic rings. The van der Waals surface area contributed by atoms with E-state index in [1.54, 1.807) is 25.1 Å². The molecular weight excluding hydrogens is 285 g/mol. The molecule has 3 rings (SSSR count). The van der Waals surface area contributed by atoms with E-state index in [0.717, 1.165) is 31.6 Å². The number of benzene rings is 2. The fraction of sp³-hybridized carbons (Fsp3) is 0.474. The maximum Gasteiger partial charge on any atom is 0.169 e. The molecule has 22 heavy (non-hydrogen) atoms. The Labute approximate surface area is 129 Å². The Morgan fingerprint density at radius 1 is 0.955 bits per heavy atom. The number of hydrogen-bond acceptors (Lipinski definition) is 0. The van der Waals surface area contributed by atoms with Crippen molar-refractivity contribution in [1.29, 1.82) is 0 Å². The van der Waals surface area contributed by atoms with Crippen LogP contribution in [0.5, 0.6) is 0 Å². The Bertz CT molecular complexity index is 698. The molecule has 0 N–H and O–H groups in total. The summed E-state index contributed by atoms with van der Waals surface area (Å²) < 4.78 is 42.7. The van der Waals surface area contributed by atoms with Crippen LogP contribution in [-0.4, -0.2) is 0 Å². The van der Waals surface area contributed by atoms with E-state index in [2.05, 4.69) is 6.92 Å². The van der Waals surface area contributed by atoms with Crippen molar-refractivity contribution in [2.24, 2.45) is 11.8 Å². The zero-order valence-corrected chi connectivity index (χ0v) is 13.1. The smallest absolute Gasteiger partial charge is 0.169 e. The van der Waals surface area contributed by atoms with Crippen molar-refractivity contribution in [3.63, 3.8) is 0 Å². The van der Waals surface area contributed by atoms with Gasteiger partial charge in [0, 0.05) is 0 Å². The van der Waals surface area contributed by atoms with Crippen molar-refractivity contribution >= 4 is 10.8 Å². The molecule has 0 spiro atoms. The van der Waals surface area contributed by atoms with Gasteiger partial charge in [0.05, 0.1) is 5.39 Å². The average Bonchev–Trinajstić information content (AvgIpc) is 2.50. The van der Waals surface area contributed by atoms with Crippen molar-refractivity contribution in [2.45, 2.75) is 46.0 Å². The lowest BCUT2D eigenvalue weighted by Gasteiger charge is -2.26. The maximum atomic E-state index is 14.3. The second-order valence-corrected chi connectivity index (χ2v) is 6.79. The molecule has 3 heteroatoms. The SMILES string of the molecule is Cc1ccc2cc(CC3CCC(C)CC3)c(F)c(F)c2c1F. The van der Waals surface area contributed by atoms with Crippen molar-refractivity contribution in [1.82, 2.24) is 0 Å². The summed E-state index contributed by atoms with van der Waals surface area (Å²) in [5.41, 5.74) is 0.715. The largest absolute Gasteiger partial charge is 0.206 e. The molecule has 0 amide bonds. The van der Waals surface area contributed by atoms with Crippen molar-refractivity contribution in [3.05, 3.63) is 46.8 Å². The van der Waals surface area contributed by atoms with E-state index >= 15 is 0 Å². The lowest BCUT2D eigenvalue weighted by Crippen LogP contribution is -2.15. The van der Waals surface area contributed by atoms with Gasteiger partial charge >= 0.3 is 0 Å². The van der Waals surface area contributed by atoms with E-state index in [1.807, 2.05) is 0 Å². The average molecular weight is 306 g/mol. The zero-order valence-electron chi connectivity index (χ0n) is 13.1. The van der Waals surface area contributed by atoms with Crippen LogP contribution in [0.15, 0.2) is 18.2 Å². The molecule has 0 nitrogen and oxygen atoms in total. The summed E-state index contributed by atoms with van der Waals surface area (Å²) >= 11 is 0. The number of rotatable bonds is 2. The molecule has 0 heterocycles. The molecule has 2 aromatic carbocycles. The second-order valence-electron chi connectivity index (χ2n) is 6.79. The minimum atomic E-state index is -1.04. The van der Waals surface area contributed by atoms with E-state index in [0.29, 0.717) is 28.9 Å². The van der Waals surface area contributed by atoms with Crippen molar-refractivity contribution in [3.8, 4) is 0 Å². The van der Waals surface area contributed by atoms with Gasteiger partial charge in [0.2, 0.25) is 0 Å². The predicted molar refractivity (Wildman–Crippen MR) is 83.4 cm³/mol. The fourth-order valence-electron chi connectivity index (χ4n) is 3.53. The van der Waals surface area contributed by atoms with Gasteiger partial charge in [-0.25, -0.2) is 13.2 Å². The summed E-state index contributed by atoms with van der Waals surface area (Å²) in [6.45, 7) is 3.79. The molecule has 1 fully saturated rings. The lowest BCUT2D eigenvalue weighted by molar-refractivity contribution is 0.286. The van der Waals surface area contributed by atoms with Crippen LogP contribution < -0.4 is 0 Å². The first-order chi connectivity index (χ1) is 10.5. The predicted octanol–water partition coefficient (Wildman–Crippen LogP) is 5.93. The number of hydrogen-bond donors (Lipinski definition) is 0. The molecule has 0 aliphatic heterocycles. The summed E-state index contributed by atoms with van der Waals surface area (Å²) in [6.07, 6.45) is 4.96. The van der Waals surface area contributed by atoms with E-state index in [1.165, 1.54) is 0 Å². The summed E-state index contributed by atoms with van der Waals surface area (Å²) in [5, 5.41) is 0.222. The second kappa shape index (κ2) is 5.94. The molecule has 1 aliphatic rings. The highest BCUT2D eigenvalue weighted by molar-refractivity contribution is 5.85. The maximum absolute atomic E-state index is 14.3. The minimum absolute atomic E-state index is 0.224. The van der Waals surface area contributed by atoms with Gasteiger partial charge in [0.15, 0.2) is 11.6 Å². The summed E-state index contributed by atoms with van der Waals surface area (Å²) in [5.74, 6) is -1.45. The molecule has 0 atom stereocenters. The van der Waals surface area contributed by atoms with Gasteiger partial charge in [-0.05, 0) is 60.6 Å². The highest BCUT2D eigenvalue weighted by Crippen LogP contribution is 2.33. The van der Waals surface area contributed by atoms with Crippen LogP contribution in [0.25, 0.3) is 10.8 Å². The molecule has 1 aliphatic carbocycles. The van der Waals surface area contributed by atoms with Crippen LogP contribution in [0, 0.1) is 36.2 Å². The highest BCUT2D eigenvalue weighted by Gasteiger charge is 2.23. The highest BCUT2D eigenvalue weighted by atomic mass is 19.2. The third-order valence-electron chi connectivity index (χ3n) is 5.04. The van der Waals surface area contributed by atoms with Gasteiger partial charge < -0.3 is 0 Å². The molecule has 0 radical (unpaired) electrons. The van der Waals surface area contributed by atoms with Crippen LogP contribution in [-0.2, 0) is 6.42 Å². The number of fused-ring (bicyclic) bond motifs is 1. The Balaban J connectivity index is 1.97. The first kappa shape index (κ1) is 15.4. The Morgan fingerprint density at radius 3 is 2.32 bits per heavy atom. The first-order valence-corrected chi connectivity index (χ1v) is 8.03. The molecule has 118 valence electrons. The van der Waals surface area contributed by atoms with E-state index in [9.17, 15) is 13.2 Å². The molecular formula is C19H21F3. The molecule has 0 bridgehead atoms. The molecule has 0 aromatic heterocycles. The Hall–Kier alpha value is -1.51. The van der Waals surface area contributed by atoms with E-state index in [4.69, 9.17) is 0 Å². The van der Waals surface area contributed by atoms with Crippen LogP contribution in [0.4, 0.5) is 13.2 Å². The first-order valence-electron chi connectivity index (χ1n) is 8.03. The quantitative estimate of drug-likeness (QED) is 0.644. The normalized spacial score (nSPS) is 22.2. The van der Waals surface area contributed by atoms with Gasteiger partial charge in [0.25, 0.3) is 0 Å². The third-order valence-corrected chi connectivity index (χ3v) is 5.04.